The Morgan fingerprint density at radius 3 is 2.61 bits per heavy atom. The Hall–Kier alpha value is -4.86. The van der Waals surface area contributed by atoms with Gasteiger partial charge in [-0.25, -0.2) is 13.8 Å². The third-order valence-corrected chi connectivity index (χ3v) is 8.00. The van der Waals surface area contributed by atoms with E-state index in [-0.39, 0.29) is 40.6 Å². The molecule has 4 aromatic rings. The van der Waals surface area contributed by atoms with Crippen molar-refractivity contribution in [2.24, 2.45) is 5.41 Å². The van der Waals surface area contributed by atoms with Gasteiger partial charge in [0.2, 0.25) is 0 Å². The fraction of sp³-hybridized carbons (Fsp3) is 0.294. The Morgan fingerprint density at radius 1 is 1.11 bits per heavy atom. The van der Waals surface area contributed by atoms with E-state index < -0.39 is 17.8 Å². The van der Waals surface area contributed by atoms with Crippen molar-refractivity contribution in [1.29, 1.82) is 0 Å². The van der Waals surface area contributed by atoms with Gasteiger partial charge in [0.1, 0.15) is 53.0 Å². The summed E-state index contributed by atoms with van der Waals surface area (Å²) in [6.07, 6.45) is 0.520. The lowest BCUT2D eigenvalue weighted by Gasteiger charge is -2.37. The van der Waals surface area contributed by atoms with Crippen LogP contribution in [-0.4, -0.2) is 22.6 Å². The number of oxazole rings is 1. The van der Waals surface area contributed by atoms with Crippen molar-refractivity contribution in [2.75, 3.05) is 16.8 Å². The van der Waals surface area contributed by atoms with Crippen molar-refractivity contribution in [3.63, 3.8) is 0 Å². The van der Waals surface area contributed by atoms with Gasteiger partial charge in [0.25, 0.3) is 5.91 Å². The number of rotatable bonds is 5. The number of allylic oxidation sites excluding steroid dienone is 1. The number of carbonyl (C=O) groups excluding carboxylic acids is 1. The predicted octanol–water partition coefficient (Wildman–Crippen LogP) is 7.63. The summed E-state index contributed by atoms with van der Waals surface area (Å²) in [7, 11) is 0. The monoisotopic (exact) mass is 601 g/mol. The summed E-state index contributed by atoms with van der Waals surface area (Å²) in [6, 6.07) is 12.9. The minimum Gasteiger partial charge on any atom is -0.506 e. The Balaban J connectivity index is 1.48. The second-order valence-corrected chi connectivity index (χ2v) is 12.0. The first-order chi connectivity index (χ1) is 20.9. The quantitative estimate of drug-likeness (QED) is 0.227. The van der Waals surface area contributed by atoms with Gasteiger partial charge in [-0.2, -0.15) is 0 Å². The van der Waals surface area contributed by atoms with Crippen molar-refractivity contribution in [3.05, 3.63) is 112 Å². The van der Waals surface area contributed by atoms with Crippen LogP contribution in [0.15, 0.2) is 70.5 Å². The van der Waals surface area contributed by atoms with Crippen LogP contribution >= 0.6 is 0 Å². The molecule has 1 amide bonds. The molecule has 0 spiro atoms. The molecule has 44 heavy (non-hydrogen) atoms. The smallest absolute Gasteiger partial charge is 0.281 e. The third kappa shape index (κ3) is 5.25. The molecule has 0 aliphatic carbocycles. The summed E-state index contributed by atoms with van der Waals surface area (Å²) in [4.78, 5) is 20.1. The van der Waals surface area contributed by atoms with E-state index in [0.29, 0.717) is 58.6 Å². The van der Waals surface area contributed by atoms with Crippen LogP contribution in [0, 0.1) is 37.8 Å². The topological polar surface area (TPSA) is 97.1 Å². The Labute approximate surface area is 253 Å². The van der Waals surface area contributed by atoms with Crippen LogP contribution in [0.3, 0.4) is 0 Å². The van der Waals surface area contributed by atoms with Gasteiger partial charge in [-0.1, -0.05) is 32.0 Å². The Kier molecular flexibility index (Phi) is 7.31. The molecule has 8 nitrogen and oxygen atoms in total. The molecule has 2 aliphatic rings. The van der Waals surface area contributed by atoms with E-state index in [1.807, 2.05) is 13.8 Å². The van der Waals surface area contributed by atoms with Gasteiger partial charge >= 0.3 is 0 Å². The number of hydrogen-bond acceptors (Lipinski definition) is 7. The number of benzene rings is 3. The first-order valence-corrected chi connectivity index (χ1v) is 14.3. The van der Waals surface area contributed by atoms with Crippen molar-refractivity contribution in [2.45, 2.75) is 53.7 Å². The predicted molar refractivity (Wildman–Crippen MR) is 161 cm³/mol. The van der Waals surface area contributed by atoms with Gasteiger partial charge in [-0.15, -0.1) is 0 Å². The molecular formula is C34H33F2N3O5. The molecule has 2 aliphatic heterocycles. The summed E-state index contributed by atoms with van der Waals surface area (Å²) < 4.78 is 48.1. The maximum Gasteiger partial charge on any atom is 0.281 e. The molecule has 0 fully saturated rings. The molecule has 0 saturated heterocycles. The number of fused-ring (bicyclic) bond motifs is 1. The highest BCUT2D eigenvalue weighted by Crippen LogP contribution is 2.50. The number of phenols is 1. The lowest BCUT2D eigenvalue weighted by atomic mass is 9.85. The number of aryl methyl sites for hydroxylation is 2. The third-order valence-electron chi connectivity index (χ3n) is 8.00. The molecule has 3 heterocycles. The number of ether oxygens (including phenoxy) is 2. The summed E-state index contributed by atoms with van der Waals surface area (Å²) in [5.41, 5.74) is 2.27. The van der Waals surface area contributed by atoms with E-state index >= 15 is 4.39 Å². The zero-order valence-electron chi connectivity index (χ0n) is 25.1. The van der Waals surface area contributed by atoms with Crippen molar-refractivity contribution in [1.82, 2.24) is 4.98 Å². The minimum atomic E-state index is -1.07. The highest BCUT2D eigenvalue weighted by Gasteiger charge is 2.43. The van der Waals surface area contributed by atoms with E-state index in [2.05, 4.69) is 10.3 Å². The Morgan fingerprint density at radius 2 is 1.89 bits per heavy atom. The molecule has 1 atom stereocenters. The zero-order valence-corrected chi connectivity index (χ0v) is 25.1. The van der Waals surface area contributed by atoms with Crippen LogP contribution in [0.4, 0.5) is 20.2 Å². The second-order valence-electron chi connectivity index (χ2n) is 12.0. The summed E-state index contributed by atoms with van der Waals surface area (Å²) in [5, 5.41) is 14.3. The molecule has 228 valence electrons. The van der Waals surface area contributed by atoms with Crippen LogP contribution in [0.5, 0.6) is 11.5 Å². The molecular weight excluding hydrogens is 568 g/mol. The molecule has 2 N–H and O–H groups in total. The highest BCUT2D eigenvalue weighted by atomic mass is 19.1. The fourth-order valence-corrected chi connectivity index (χ4v) is 5.73. The lowest BCUT2D eigenvalue weighted by molar-refractivity contribution is 0.0756. The number of halogens is 2. The standard InChI is InChI=1S/C34H33F2N3O5/c1-18-21(8-6-9-24(18)35)16-42-22-12-13-23(25(36)14-22)31-32-26(15-34(4,5)17-43-32)38-30-27(10-7-11-28(30)40)39(31)33(41)29-19(2)44-20(3)37-29/h6-14,31,38,40H,15-17H2,1-5H3. The number of aromatic nitrogens is 1. The molecule has 10 heteroatoms. The molecule has 6 rings (SSSR count). The average molecular weight is 602 g/mol. The van der Waals surface area contributed by atoms with Gasteiger partial charge in [-0.3, -0.25) is 9.69 Å². The molecule has 0 saturated carbocycles. The zero-order chi connectivity index (χ0) is 31.3. The average Bonchev–Trinajstić information content (AvgIpc) is 3.24. The molecule has 0 bridgehead atoms. The second kappa shape index (κ2) is 11.0. The normalized spacial score (nSPS) is 17.2. The highest BCUT2D eigenvalue weighted by molar-refractivity contribution is 6.09. The summed E-state index contributed by atoms with van der Waals surface area (Å²) >= 11 is 0. The summed E-state index contributed by atoms with van der Waals surface area (Å²) in [5.74, 6) is -0.413. The number of para-hydroxylation sites is 1. The molecule has 3 aromatic carbocycles. The van der Waals surface area contributed by atoms with E-state index in [4.69, 9.17) is 13.9 Å². The van der Waals surface area contributed by atoms with Crippen LogP contribution in [0.2, 0.25) is 0 Å². The number of amides is 1. The van der Waals surface area contributed by atoms with Gasteiger partial charge in [-0.05, 0) is 61.7 Å². The van der Waals surface area contributed by atoms with Gasteiger partial charge in [0.05, 0.1) is 18.0 Å². The SMILES string of the molecule is Cc1nc(C(=O)N2c3cccc(O)c3NC3=C(OCC(C)(C)C3)C2c2ccc(OCc3cccc(F)c3C)cc2F)c(C)o1. The molecule has 0 radical (unpaired) electrons. The number of anilines is 2. The number of aromatic hydroxyl groups is 1. The first-order valence-electron chi connectivity index (χ1n) is 14.3. The van der Waals surface area contributed by atoms with E-state index in [1.165, 1.54) is 23.1 Å². The van der Waals surface area contributed by atoms with E-state index in [1.54, 1.807) is 57.2 Å². The number of phenolic OH excluding ortho intramolecular Hbond substituents is 1. The van der Waals surface area contributed by atoms with Gasteiger partial charge < -0.3 is 24.3 Å². The van der Waals surface area contributed by atoms with E-state index in [0.717, 1.165) is 0 Å². The summed E-state index contributed by atoms with van der Waals surface area (Å²) in [6.45, 7) is 9.40. The van der Waals surface area contributed by atoms with Crippen LogP contribution in [0.1, 0.15) is 65.1 Å². The number of hydrogen-bond donors (Lipinski definition) is 2. The number of nitrogens with zero attached hydrogens (tertiary/aromatic N) is 2. The van der Waals surface area contributed by atoms with Gasteiger partial charge in [0.15, 0.2) is 11.6 Å². The van der Waals surface area contributed by atoms with Crippen molar-refractivity contribution in [3.8, 4) is 11.5 Å². The molecule has 1 aromatic heterocycles. The van der Waals surface area contributed by atoms with Gasteiger partial charge in [0, 0.05) is 24.0 Å². The largest absolute Gasteiger partial charge is 0.506 e. The number of carbonyl (C=O) groups is 1. The lowest BCUT2D eigenvalue weighted by Crippen LogP contribution is -2.39. The maximum absolute atomic E-state index is 16.3. The fourth-order valence-electron chi connectivity index (χ4n) is 5.73. The minimum absolute atomic E-state index is 0.0469. The van der Waals surface area contributed by atoms with Crippen LogP contribution in [-0.2, 0) is 11.3 Å². The van der Waals surface area contributed by atoms with Crippen LogP contribution < -0.4 is 15.0 Å². The first kappa shape index (κ1) is 29.2. The van der Waals surface area contributed by atoms with Crippen LogP contribution in [0.25, 0.3) is 0 Å². The number of nitrogens with one attached hydrogen (secondary N) is 1. The van der Waals surface area contributed by atoms with E-state index in [9.17, 15) is 14.3 Å². The Bertz CT molecular complexity index is 1810. The molecule has 1 unspecified atom stereocenters. The van der Waals surface area contributed by atoms with Crippen molar-refractivity contribution < 1.29 is 32.6 Å². The van der Waals surface area contributed by atoms with Crippen molar-refractivity contribution >= 4 is 17.3 Å². The maximum atomic E-state index is 16.3.